The van der Waals surface area contributed by atoms with Crippen LogP contribution in [-0.2, 0) is 4.79 Å². The van der Waals surface area contributed by atoms with Gasteiger partial charge < -0.3 is 10.4 Å². The number of nitro benzene ring substituents is 1. The van der Waals surface area contributed by atoms with Gasteiger partial charge in [0.2, 0.25) is 0 Å². The van der Waals surface area contributed by atoms with Crippen LogP contribution in [-0.4, -0.2) is 27.4 Å². The van der Waals surface area contributed by atoms with Gasteiger partial charge in [0.05, 0.1) is 16.9 Å². The predicted octanol–water partition coefficient (Wildman–Crippen LogP) is 1.72. The summed E-state index contributed by atoms with van der Waals surface area (Å²) in [4.78, 5) is 32.3. The molecule has 108 valence electrons. The average molecular weight is 284 g/mol. The summed E-state index contributed by atoms with van der Waals surface area (Å²) in [5.41, 5.74) is -2.04. The fourth-order valence-electron chi connectivity index (χ4n) is 1.60. The molecule has 0 aromatic heterocycles. The molecule has 1 aromatic carbocycles. The van der Waals surface area contributed by atoms with Crippen molar-refractivity contribution in [1.82, 2.24) is 5.32 Å². The van der Waals surface area contributed by atoms with E-state index >= 15 is 0 Å². The van der Waals surface area contributed by atoms with Crippen molar-refractivity contribution in [2.24, 2.45) is 0 Å². The van der Waals surface area contributed by atoms with E-state index in [2.05, 4.69) is 5.32 Å². The van der Waals surface area contributed by atoms with E-state index < -0.39 is 39.4 Å². The lowest BCUT2D eigenvalue weighted by Gasteiger charge is -2.24. The van der Waals surface area contributed by atoms with E-state index in [9.17, 15) is 24.1 Å². The van der Waals surface area contributed by atoms with E-state index in [0.29, 0.717) is 0 Å². The summed E-state index contributed by atoms with van der Waals surface area (Å²) in [5, 5.41) is 21.6. The second-order valence-corrected chi connectivity index (χ2v) is 4.83. The first-order valence-electron chi connectivity index (χ1n) is 5.60. The van der Waals surface area contributed by atoms with Gasteiger partial charge in [-0.25, -0.2) is 4.39 Å². The van der Waals surface area contributed by atoms with Crippen LogP contribution in [0.5, 0.6) is 0 Å². The van der Waals surface area contributed by atoms with Crippen LogP contribution in [0.2, 0.25) is 0 Å². The summed E-state index contributed by atoms with van der Waals surface area (Å²) < 4.78 is 13.5. The third-order valence-corrected chi connectivity index (χ3v) is 2.45. The van der Waals surface area contributed by atoms with Gasteiger partial charge in [-0.05, 0) is 19.9 Å². The van der Waals surface area contributed by atoms with Crippen molar-refractivity contribution >= 4 is 17.6 Å². The van der Waals surface area contributed by atoms with Crippen molar-refractivity contribution in [3.8, 4) is 0 Å². The number of aliphatic carboxylic acids is 1. The Morgan fingerprint density at radius 2 is 2.05 bits per heavy atom. The smallest absolute Gasteiger partial charge is 0.305 e. The Kier molecular flexibility index (Phi) is 4.38. The molecule has 0 saturated heterocycles. The lowest BCUT2D eigenvalue weighted by Crippen LogP contribution is -2.45. The SMILES string of the molecule is CC(C)(CC(=O)O)NC(=O)c1cc([N+](=O)[O-])ccc1F. The maximum Gasteiger partial charge on any atom is 0.305 e. The molecule has 1 rings (SSSR count). The van der Waals surface area contributed by atoms with Crippen molar-refractivity contribution in [3.63, 3.8) is 0 Å². The molecule has 20 heavy (non-hydrogen) atoms. The zero-order chi connectivity index (χ0) is 15.5. The van der Waals surface area contributed by atoms with Gasteiger partial charge in [0.25, 0.3) is 11.6 Å². The summed E-state index contributed by atoms with van der Waals surface area (Å²) >= 11 is 0. The molecule has 0 radical (unpaired) electrons. The number of nitro groups is 1. The Morgan fingerprint density at radius 1 is 1.45 bits per heavy atom. The minimum absolute atomic E-state index is 0.366. The Hall–Kier alpha value is -2.51. The number of nitrogens with one attached hydrogen (secondary N) is 1. The normalized spacial score (nSPS) is 10.9. The highest BCUT2D eigenvalue weighted by molar-refractivity contribution is 5.95. The predicted molar refractivity (Wildman–Crippen MR) is 66.9 cm³/mol. The number of carboxylic acids is 1. The molecule has 1 aromatic rings. The van der Waals surface area contributed by atoms with E-state index in [0.717, 1.165) is 18.2 Å². The molecule has 0 bridgehead atoms. The topological polar surface area (TPSA) is 110 Å². The van der Waals surface area contributed by atoms with Crippen LogP contribution in [0.15, 0.2) is 18.2 Å². The first kappa shape index (κ1) is 15.5. The number of nitrogens with zero attached hydrogens (tertiary/aromatic N) is 1. The minimum Gasteiger partial charge on any atom is -0.481 e. The van der Waals surface area contributed by atoms with E-state index in [-0.39, 0.29) is 6.42 Å². The first-order valence-corrected chi connectivity index (χ1v) is 5.60. The fourth-order valence-corrected chi connectivity index (χ4v) is 1.60. The standard InChI is InChI=1S/C12H13FN2O5/c1-12(2,6-10(16)17)14-11(18)8-5-7(15(19)20)3-4-9(8)13/h3-5H,6H2,1-2H3,(H,14,18)(H,16,17). The zero-order valence-electron chi connectivity index (χ0n) is 10.8. The third kappa shape index (κ3) is 4.01. The lowest BCUT2D eigenvalue weighted by atomic mass is 10.00. The van der Waals surface area contributed by atoms with Crippen LogP contribution in [0, 0.1) is 15.9 Å². The zero-order valence-corrected chi connectivity index (χ0v) is 10.8. The molecule has 2 N–H and O–H groups in total. The van der Waals surface area contributed by atoms with Crippen LogP contribution in [0.25, 0.3) is 0 Å². The van der Waals surface area contributed by atoms with Gasteiger partial charge in [-0.2, -0.15) is 0 Å². The number of benzene rings is 1. The van der Waals surface area contributed by atoms with Crippen molar-refractivity contribution in [2.75, 3.05) is 0 Å². The molecule has 0 fully saturated rings. The molecule has 0 atom stereocenters. The third-order valence-electron chi connectivity index (χ3n) is 2.45. The molecular weight excluding hydrogens is 271 g/mol. The number of non-ortho nitro benzene ring substituents is 1. The quantitative estimate of drug-likeness (QED) is 0.632. The van der Waals surface area contributed by atoms with E-state index in [1.807, 2.05) is 0 Å². The molecule has 0 aliphatic heterocycles. The highest BCUT2D eigenvalue weighted by Crippen LogP contribution is 2.18. The number of hydrogen-bond donors (Lipinski definition) is 2. The number of amides is 1. The Balaban J connectivity index is 3.00. The number of carbonyl (C=O) groups is 2. The summed E-state index contributed by atoms with van der Waals surface area (Å²) in [6.07, 6.45) is -0.366. The maximum absolute atomic E-state index is 13.5. The van der Waals surface area contributed by atoms with Crippen LogP contribution >= 0.6 is 0 Å². The molecule has 7 nitrogen and oxygen atoms in total. The highest BCUT2D eigenvalue weighted by atomic mass is 19.1. The number of carbonyl (C=O) groups excluding carboxylic acids is 1. The number of rotatable bonds is 5. The van der Waals surface area contributed by atoms with Gasteiger partial charge in [-0.3, -0.25) is 19.7 Å². The number of carboxylic acid groups (broad SMARTS) is 1. The molecule has 0 aliphatic carbocycles. The van der Waals surface area contributed by atoms with Crippen LogP contribution < -0.4 is 5.32 Å². The average Bonchev–Trinajstić information content (AvgIpc) is 2.26. The summed E-state index contributed by atoms with van der Waals surface area (Å²) in [6, 6.07) is 2.56. The van der Waals surface area contributed by atoms with Crippen molar-refractivity contribution in [2.45, 2.75) is 25.8 Å². The van der Waals surface area contributed by atoms with Crippen LogP contribution in [0.4, 0.5) is 10.1 Å². The van der Waals surface area contributed by atoms with Gasteiger partial charge >= 0.3 is 5.97 Å². The van der Waals surface area contributed by atoms with Gasteiger partial charge in [-0.15, -0.1) is 0 Å². The molecule has 0 spiro atoms. The maximum atomic E-state index is 13.5. The highest BCUT2D eigenvalue weighted by Gasteiger charge is 2.26. The number of hydrogen-bond acceptors (Lipinski definition) is 4. The molecule has 0 heterocycles. The summed E-state index contributed by atoms with van der Waals surface area (Å²) in [5.74, 6) is -2.95. The summed E-state index contributed by atoms with van der Waals surface area (Å²) in [6.45, 7) is 2.91. The van der Waals surface area contributed by atoms with Gasteiger partial charge in [0, 0.05) is 17.7 Å². The molecular formula is C12H13FN2O5. The van der Waals surface area contributed by atoms with Gasteiger partial charge in [-0.1, -0.05) is 0 Å². The van der Waals surface area contributed by atoms with Crippen LogP contribution in [0.3, 0.4) is 0 Å². The summed E-state index contributed by atoms with van der Waals surface area (Å²) in [7, 11) is 0. The Labute approximate surface area is 113 Å². The van der Waals surface area contributed by atoms with Crippen molar-refractivity contribution in [1.29, 1.82) is 0 Å². The molecule has 1 amide bonds. The van der Waals surface area contributed by atoms with Crippen LogP contribution in [0.1, 0.15) is 30.6 Å². The van der Waals surface area contributed by atoms with E-state index in [1.54, 1.807) is 0 Å². The van der Waals surface area contributed by atoms with Crippen molar-refractivity contribution < 1.29 is 24.0 Å². The molecule has 0 unspecified atom stereocenters. The molecule has 0 aliphatic rings. The number of halogens is 1. The second kappa shape index (κ2) is 5.64. The van der Waals surface area contributed by atoms with E-state index in [1.165, 1.54) is 13.8 Å². The van der Waals surface area contributed by atoms with Gasteiger partial charge in [0.15, 0.2) is 0 Å². The minimum atomic E-state index is -1.13. The van der Waals surface area contributed by atoms with Gasteiger partial charge in [0.1, 0.15) is 5.82 Å². The first-order chi connectivity index (χ1) is 9.12. The van der Waals surface area contributed by atoms with Crippen molar-refractivity contribution in [3.05, 3.63) is 39.7 Å². The second-order valence-electron chi connectivity index (χ2n) is 4.83. The fraction of sp³-hybridized carbons (Fsp3) is 0.333. The van der Waals surface area contributed by atoms with E-state index in [4.69, 9.17) is 5.11 Å². The molecule has 0 saturated carbocycles. The monoisotopic (exact) mass is 284 g/mol. The Morgan fingerprint density at radius 3 is 2.55 bits per heavy atom. The lowest BCUT2D eigenvalue weighted by molar-refractivity contribution is -0.384. The Bertz CT molecular complexity index is 571. The largest absolute Gasteiger partial charge is 0.481 e. The molecule has 8 heteroatoms.